The van der Waals surface area contributed by atoms with Crippen LogP contribution >= 0.6 is 0 Å². The molecule has 0 bridgehead atoms. The highest BCUT2D eigenvalue weighted by Crippen LogP contribution is 2.49. The van der Waals surface area contributed by atoms with Crippen molar-refractivity contribution in [2.75, 3.05) is 4.90 Å². The number of anilines is 3. The standard InChI is InChI=1S/C54H41NO/c1-54(2,3)43-26-30-49(47(34-43)37-17-8-5-9-18-37)55(44-27-28-46-48-32-40-20-10-11-21-41(40)33-51(48)56-52(46)35-44)50-29-25-38-19-12-13-24-45(38)53(50)42-23-14-22-39(31-42)36-15-6-4-7-16-36/h4-35H,1-3H3. The highest BCUT2D eigenvalue weighted by Gasteiger charge is 2.25. The van der Waals surface area contributed by atoms with Crippen molar-refractivity contribution in [1.29, 1.82) is 0 Å². The van der Waals surface area contributed by atoms with Crippen molar-refractivity contribution in [3.05, 3.63) is 200 Å². The summed E-state index contributed by atoms with van der Waals surface area (Å²) in [5, 5.41) is 7.01. The number of hydrogen-bond donors (Lipinski definition) is 0. The zero-order valence-corrected chi connectivity index (χ0v) is 31.8. The fourth-order valence-corrected chi connectivity index (χ4v) is 8.28. The summed E-state index contributed by atoms with van der Waals surface area (Å²) in [6, 6.07) is 70.4. The number of nitrogens with zero attached hydrogens (tertiary/aromatic N) is 1. The van der Waals surface area contributed by atoms with Crippen LogP contribution in [0.25, 0.3) is 76.9 Å². The van der Waals surface area contributed by atoms with Crippen LogP contribution in [0.5, 0.6) is 0 Å². The number of hydrogen-bond acceptors (Lipinski definition) is 2. The topological polar surface area (TPSA) is 16.4 Å². The number of fused-ring (bicyclic) bond motifs is 5. The molecule has 9 aromatic carbocycles. The van der Waals surface area contributed by atoms with Crippen molar-refractivity contribution in [2.45, 2.75) is 26.2 Å². The van der Waals surface area contributed by atoms with Gasteiger partial charge in [0.25, 0.3) is 0 Å². The van der Waals surface area contributed by atoms with Crippen molar-refractivity contribution < 1.29 is 4.42 Å². The third-order valence-electron chi connectivity index (χ3n) is 11.2. The summed E-state index contributed by atoms with van der Waals surface area (Å²) in [4.78, 5) is 2.45. The Labute approximate surface area is 327 Å². The molecule has 0 saturated carbocycles. The first kappa shape index (κ1) is 33.7. The molecule has 56 heavy (non-hydrogen) atoms. The van der Waals surface area contributed by atoms with Gasteiger partial charge >= 0.3 is 0 Å². The fraction of sp³-hybridized carbons (Fsp3) is 0.0741. The molecule has 0 N–H and O–H groups in total. The molecular formula is C54H41NO. The van der Waals surface area contributed by atoms with Gasteiger partial charge in [0.05, 0.1) is 11.4 Å². The molecule has 0 amide bonds. The third kappa shape index (κ3) is 5.91. The summed E-state index contributed by atoms with van der Waals surface area (Å²) in [5.41, 5.74) is 13.3. The molecule has 0 aliphatic heterocycles. The number of benzene rings is 9. The van der Waals surface area contributed by atoms with E-state index in [2.05, 4.69) is 220 Å². The largest absolute Gasteiger partial charge is 0.456 e. The minimum absolute atomic E-state index is 0.0321. The Bertz CT molecular complexity index is 3060. The average Bonchev–Trinajstić information content (AvgIpc) is 3.59. The van der Waals surface area contributed by atoms with Gasteiger partial charge in [-0.1, -0.05) is 160 Å². The van der Waals surface area contributed by atoms with E-state index < -0.39 is 0 Å². The number of furan rings is 1. The van der Waals surface area contributed by atoms with Gasteiger partial charge in [-0.25, -0.2) is 0 Å². The number of rotatable bonds is 6. The predicted molar refractivity (Wildman–Crippen MR) is 238 cm³/mol. The van der Waals surface area contributed by atoms with Gasteiger partial charge in [-0.3, -0.25) is 0 Å². The first-order chi connectivity index (χ1) is 27.4. The van der Waals surface area contributed by atoms with E-state index in [4.69, 9.17) is 4.42 Å². The molecule has 1 aromatic heterocycles. The van der Waals surface area contributed by atoms with Gasteiger partial charge in [0.1, 0.15) is 11.2 Å². The maximum atomic E-state index is 6.72. The van der Waals surface area contributed by atoms with E-state index in [0.29, 0.717) is 0 Å². The van der Waals surface area contributed by atoms with Gasteiger partial charge in [-0.15, -0.1) is 0 Å². The molecule has 0 aliphatic carbocycles. The van der Waals surface area contributed by atoms with Crippen molar-refractivity contribution in [3.63, 3.8) is 0 Å². The summed E-state index contributed by atoms with van der Waals surface area (Å²) in [5.74, 6) is 0. The molecule has 2 nitrogen and oxygen atoms in total. The SMILES string of the molecule is CC(C)(C)c1ccc(N(c2ccc3c(c2)oc2cc4ccccc4cc23)c2ccc3ccccc3c2-c2cccc(-c3ccccc3)c2)c(-c2ccccc2)c1. The van der Waals surface area contributed by atoms with E-state index in [1.807, 2.05) is 0 Å². The van der Waals surface area contributed by atoms with Gasteiger partial charge in [0, 0.05) is 33.7 Å². The highest BCUT2D eigenvalue weighted by molar-refractivity contribution is 6.12. The normalized spacial score (nSPS) is 11.8. The van der Waals surface area contributed by atoms with Crippen LogP contribution in [0, 0.1) is 0 Å². The lowest BCUT2D eigenvalue weighted by molar-refractivity contribution is 0.590. The average molecular weight is 720 g/mol. The molecule has 0 fully saturated rings. The Morgan fingerprint density at radius 2 is 1.02 bits per heavy atom. The summed E-state index contributed by atoms with van der Waals surface area (Å²) in [6.45, 7) is 6.86. The van der Waals surface area contributed by atoms with Crippen molar-refractivity contribution in [1.82, 2.24) is 0 Å². The molecule has 1 heterocycles. The molecule has 0 unspecified atom stereocenters. The monoisotopic (exact) mass is 719 g/mol. The van der Waals surface area contributed by atoms with Crippen LogP contribution < -0.4 is 4.90 Å². The third-order valence-corrected chi connectivity index (χ3v) is 11.2. The van der Waals surface area contributed by atoms with E-state index in [1.165, 1.54) is 54.9 Å². The molecule has 2 heteroatoms. The summed E-state index contributed by atoms with van der Waals surface area (Å²) in [7, 11) is 0. The van der Waals surface area contributed by atoms with E-state index in [0.717, 1.165) is 44.6 Å². The molecule has 0 atom stereocenters. The zero-order chi connectivity index (χ0) is 37.8. The minimum Gasteiger partial charge on any atom is -0.456 e. The first-order valence-corrected chi connectivity index (χ1v) is 19.4. The van der Waals surface area contributed by atoms with Crippen LogP contribution in [-0.2, 0) is 5.41 Å². The van der Waals surface area contributed by atoms with Crippen molar-refractivity contribution >= 4 is 60.5 Å². The van der Waals surface area contributed by atoms with Gasteiger partial charge < -0.3 is 9.32 Å². The Morgan fingerprint density at radius 3 is 1.79 bits per heavy atom. The van der Waals surface area contributed by atoms with Crippen LogP contribution in [-0.4, -0.2) is 0 Å². The highest BCUT2D eigenvalue weighted by atomic mass is 16.3. The Kier molecular flexibility index (Phi) is 8.08. The van der Waals surface area contributed by atoms with E-state index >= 15 is 0 Å². The van der Waals surface area contributed by atoms with E-state index in [1.54, 1.807) is 0 Å². The van der Waals surface area contributed by atoms with Crippen LogP contribution in [0.15, 0.2) is 199 Å². The molecule has 0 saturated heterocycles. The second-order valence-corrected chi connectivity index (χ2v) is 15.8. The zero-order valence-electron chi connectivity index (χ0n) is 31.8. The minimum atomic E-state index is -0.0321. The molecular weight excluding hydrogens is 679 g/mol. The fourth-order valence-electron chi connectivity index (χ4n) is 8.28. The Balaban J connectivity index is 1.28. The van der Waals surface area contributed by atoms with Gasteiger partial charge in [0.15, 0.2) is 0 Å². The van der Waals surface area contributed by atoms with Gasteiger partial charge in [0.2, 0.25) is 0 Å². The summed E-state index contributed by atoms with van der Waals surface area (Å²) in [6.07, 6.45) is 0. The predicted octanol–water partition coefficient (Wildman–Crippen LogP) is 15.7. The van der Waals surface area contributed by atoms with Crippen LogP contribution in [0.1, 0.15) is 26.3 Å². The molecule has 268 valence electrons. The Morgan fingerprint density at radius 1 is 0.393 bits per heavy atom. The lowest BCUT2D eigenvalue weighted by Gasteiger charge is -2.32. The van der Waals surface area contributed by atoms with Crippen LogP contribution in [0.3, 0.4) is 0 Å². The molecule has 0 radical (unpaired) electrons. The Hall–Kier alpha value is -6.90. The lowest BCUT2D eigenvalue weighted by atomic mass is 9.84. The van der Waals surface area contributed by atoms with Crippen LogP contribution in [0.2, 0.25) is 0 Å². The maximum Gasteiger partial charge on any atom is 0.137 e. The quantitative estimate of drug-likeness (QED) is 0.170. The van der Waals surface area contributed by atoms with Crippen molar-refractivity contribution in [2.24, 2.45) is 0 Å². The smallest absolute Gasteiger partial charge is 0.137 e. The van der Waals surface area contributed by atoms with E-state index in [-0.39, 0.29) is 5.41 Å². The summed E-state index contributed by atoms with van der Waals surface area (Å²) >= 11 is 0. The maximum absolute atomic E-state index is 6.72. The van der Waals surface area contributed by atoms with Crippen LogP contribution in [0.4, 0.5) is 17.1 Å². The molecule has 10 aromatic rings. The van der Waals surface area contributed by atoms with Gasteiger partial charge in [-0.05, 0) is 103 Å². The van der Waals surface area contributed by atoms with Gasteiger partial charge in [-0.2, -0.15) is 0 Å². The second kappa shape index (κ2) is 13.4. The lowest BCUT2D eigenvalue weighted by Crippen LogP contribution is -2.15. The molecule has 0 spiro atoms. The molecule has 10 rings (SSSR count). The second-order valence-electron chi connectivity index (χ2n) is 15.8. The molecule has 0 aliphatic rings. The van der Waals surface area contributed by atoms with E-state index in [9.17, 15) is 0 Å². The first-order valence-electron chi connectivity index (χ1n) is 19.4. The van der Waals surface area contributed by atoms with Crippen molar-refractivity contribution in [3.8, 4) is 33.4 Å². The summed E-state index contributed by atoms with van der Waals surface area (Å²) < 4.78 is 6.72.